The summed E-state index contributed by atoms with van der Waals surface area (Å²) in [4.78, 5) is 21.5. The second-order valence-corrected chi connectivity index (χ2v) is 4.00. The minimum absolute atomic E-state index is 0.0923. The zero-order chi connectivity index (χ0) is 13.7. The lowest BCUT2D eigenvalue weighted by molar-refractivity contribution is -0.385. The Hall–Kier alpha value is -1.69. The summed E-state index contributed by atoms with van der Waals surface area (Å²) in [5.41, 5.74) is -0.552. The number of non-ortho nitro benzene ring substituents is 1. The van der Waals surface area contributed by atoms with Crippen molar-refractivity contribution in [1.29, 1.82) is 0 Å². The molecule has 0 fully saturated rings. The highest BCUT2D eigenvalue weighted by atomic mass is 35.5. The molecule has 1 N–H and O–H groups in total. The molecule has 1 atom stereocenters. The number of carbonyl (C=O) groups is 1. The Morgan fingerprint density at radius 2 is 2.22 bits per heavy atom. The summed E-state index contributed by atoms with van der Waals surface area (Å²) in [6.45, 7) is 1.83. The van der Waals surface area contributed by atoms with Gasteiger partial charge in [-0.1, -0.05) is 6.92 Å². The smallest absolute Gasteiger partial charge is 0.273 e. The Bertz CT molecular complexity index is 464. The SMILES string of the molecule is CCC(CCl)NC(=O)c1cc(F)cc([N+](=O)[O-])c1. The van der Waals surface area contributed by atoms with Crippen LogP contribution in [0.3, 0.4) is 0 Å². The van der Waals surface area contributed by atoms with E-state index in [1.54, 1.807) is 0 Å². The summed E-state index contributed by atoms with van der Waals surface area (Å²) < 4.78 is 13.1. The summed E-state index contributed by atoms with van der Waals surface area (Å²) >= 11 is 5.62. The van der Waals surface area contributed by atoms with E-state index in [4.69, 9.17) is 11.6 Å². The lowest BCUT2D eigenvalue weighted by atomic mass is 10.1. The average molecular weight is 275 g/mol. The molecule has 1 rings (SSSR count). The van der Waals surface area contributed by atoms with Gasteiger partial charge in [0, 0.05) is 23.6 Å². The first-order valence-electron chi connectivity index (χ1n) is 5.29. The van der Waals surface area contributed by atoms with Crippen molar-refractivity contribution in [2.75, 3.05) is 5.88 Å². The fourth-order valence-corrected chi connectivity index (χ4v) is 1.62. The van der Waals surface area contributed by atoms with Crippen molar-refractivity contribution in [3.05, 3.63) is 39.7 Å². The number of nitro benzene ring substituents is 1. The molecule has 98 valence electrons. The van der Waals surface area contributed by atoms with Gasteiger partial charge in [-0.3, -0.25) is 14.9 Å². The number of halogens is 2. The number of rotatable bonds is 5. The van der Waals surface area contributed by atoms with Gasteiger partial charge in [-0.2, -0.15) is 0 Å². The highest BCUT2D eigenvalue weighted by molar-refractivity contribution is 6.18. The largest absolute Gasteiger partial charge is 0.348 e. The number of hydrogen-bond acceptors (Lipinski definition) is 3. The maximum atomic E-state index is 13.1. The number of hydrogen-bond donors (Lipinski definition) is 1. The van der Waals surface area contributed by atoms with Gasteiger partial charge >= 0.3 is 0 Å². The molecule has 0 spiro atoms. The van der Waals surface area contributed by atoms with Crippen LogP contribution in [0.1, 0.15) is 23.7 Å². The Balaban J connectivity index is 2.95. The van der Waals surface area contributed by atoms with Gasteiger partial charge < -0.3 is 5.32 Å². The second-order valence-electron chi connectivity index (χ2n) is 3.69. The molecule has 0 aliphatic rings. The van der Waals surface area contributed by atoms with Crippen LogP contribution in [0, 0.1) is 15.9 Å². The van der Waals surface area contributed by atoms with Crippen LogP contribution in [0.2, 0.25) is 0 Å². The van der Waals surface area contributed by atoms with Gasteiger partial charge in [0.05, 0.1) is 11.0 Å². The first kappa shape index (κ1) is 14.4. The molecule has 1 unspecified atom stereocenters. The molecular weight excluding hydrogens is 263 g/mol. The number of carbonyl (C=O) groups excluding carboxylic acids is 1. The van der Waals surface area contributed by atoms with E-state index in [1.807, 2.05) is 6.92 Å². The summed E-state index contributed by atoms with van der Waals surface area (Å²) in [6.07, 6.45) is 0.618. The molecule has 18 heavy (non-hydrogen) atoms. The predicted molar refractivity (Wildman–Crippen MR) is 65.3 cm³/mol. The molecule has 5 nitrogen and oxygen atoms in total. The molecule has 0 radical (unpaired) electrons. The number of nitro groups is 1. The van der Waals surface area contributed by atoms with E-state index in [2.05, 4.69) is 5.32 Å². The zero-order valence-electron chi connectivity index (χ0n) is 9.65. The molecule has 0 heterocycles. The minimum Gasteiger partial charge on any atom is -0.348 e. The van der Waals surface area contributed by atoms with Crippen molar-refractivity contribution < 1.29 is 14.1 Å². The molecule has 1 amide bonds. The van der Waals surface area contributed by atoms with Crippen LogP contribution < -0.4 is 5.32 Å². The monoisotopic (exact) mass is 274 g/mol. The Labute approximate surface area is 108 Å². The molecule has 0 aliphatic carbocycles. The quantitative estimate of drug-likeness (QED) is 0.509. The summed E-state index contributed by atoms with van der Waals surface area (Å²) in [7, 11) is 0. The Kier molecular flexibility index (Phi) is 5.03. The number of alkyl halides is 1. The van der Waals surface area contributed by atoms with E-state index in [-0.39, 0.29) is 17.5 Å². The van der Waals surface area contributed by atoms with Crippen LogP contribution in [-0.2, 0) is 0 Å². The normalized spacial score (nSPS) is 11.9. The van der Waals surface area contributed by atoms with E-state index in [9.17, 15) is 19.3 Å². The predicted octanol–water partition coefficient (Wildman–Crippen LogP) is 2.48. The number of benzene rings is 1. The minimum atomic E-state index is -0.826. The molecule has 0 saturated carbocycles. The zero-order valence-corrected chi connectivity index (χ0v) is 10.4. The molecule has 1 aromatic carbocycles. The molecule has 1 aromatic rings. The molecule has 7 heteroatoms. The van der Waals surface area contributed by atoms with Gasteiger partial charge in [0.25, 0.3) is 11.6 Å². The van der Waals surface area contributed by atoms with Gasteiger partial charge in [0.15, 0.2) is 0 Å². The Morgan fingerprint density at radius 1 is 1.56 bits per heavy atom. The van der Waals surface area contributed by atoms with E-state index >= 15 is 0 Å². The fourth-order valence-electron chi connectivity index (χ4n) is 1.33. The van der Waals surface area contributed by atoms with Crippen molar-refractivity contribution in [2.45, 2.75) is 19.4 Å². The third-order valence-corrected chi connectivity index (χ3v) is 2.74. The van der Waals surface area contributed by atoms with Gasteiger partial charge in [-0.15, -0.1) is 11.6 Å². The van der Waals surface area contributed by atoms with Gasteiger partial charge in [0.1, 0.15) is 5.82 Å². The maximum Gasteiger partial charge on any atom is 0.273 e. The van der Waals surface area contributed by atoms with Crippen molar-refractivity contribution in [3.8, 4) is 0 Å². The molecule has 0 saturated heterocycles. The standard InChI is InChI=1S/C11H12ClFN2O3/c1-2-9(6-12)14-11(16)7-3-8(13)5-10(4-7)15(17)18/h3-5,9H,2,6H2,1H3,(H,14,16). The molecule has 0 bridgehead atoms. The van der Waals surface area contributed by atoms with Crippen LogP contribution in [0.15, 0.2) is 18.2 Å². The Morgan fingerprint density at radius 3 is 2.72 bits per heavy atom. The van der Waals surface area contributed by atoms with E-state index in [0.717, 1.165) is 18.2 Å². The highest BCUT2D eigenvalue weighted by Crippen LogP contribution is 2.16. The van der Waals surface area contributed by atoms with Crippen molar-refractivity contribution in [1.82, 2.24) is 5.32 Å². The van der Waals surface area contributed by atoms with E-state index < -0.39 is 22.3 Å². The first-order chi connectivity index (χ1) is 8.47. The van der Waals surface area contributed by atoms with Crippen LogP contribution in [0.5, 0.6) is 0 Å². The molecular formula is C11H12ClFN2O3. The summed E-state index contributed by atoms with van der Waals surface area (Å²) in [5, 5.41) is 13.1. The van der Waals surface area contributed by atoms with Crippen molar-refractivity contribution >= 4 is 23.2 Å². The third kappa shape index (κ3) is 3.66. The topological polar surface area (TPSA) is 72.2 Å². The number of nitrogens with zero attached hydrogens (tertiary/aromatic N) is 1. The van der Waals surface area contributed by atoms with Crippen LogP contribution in [-0.4, -0.2) is 22.8 Å². The summed E-state index contributed by atoms with van der Waals surface area (Å²) in [6, 6.07) is 2.49. The molecule has 0 aromatic heterocycles. The van der Waals surface area contributed by atoms with Gasteiger partial charge in [-0.25, -0.2) is 4.39 Å². The number of nitrogens with one attached hydrogen (secondary N) is 1. The van der Waals surface area contributed by atoms with E-state index in [1.165, 1.54) is 0 Å². The average Bonchev–Trinajstić information content (AvgIpc) is 2.34. The van der Waals surface area contributed by atoms with Crippen LogP contribution >= 0.6 is 11.6 Å². The lowest BCUT2D eigenvalue weighted by Gasteiger charge is -2.13. The third-order valence-electron chi connectivity index (χ3n) is 2.37. The lowest BCUT2D eigenvalue weighted by Crippen LogP contribution is -2.35. The van der Waals surface area contributed by atoms with Gasteiger partial charge in [-0.05, 0) is 12.5 Å². The molecule has 0 aliphatic heterocycles. The second kappa shape index (κ2) is 6.30. The first-order valence-corrected chi connectivity index (χ1v) is 5.83. The maximum absolute atomic E-state index is 13.1. The number of amides is 1. The van der Waals surface area contributed by atoms with Crippen molar-refractivity contribution in [3.63, 3.8) is 0 Å². The fraction of sp³-hybridized carbons (Fsp3) is 0.364. The van der Waals surface area contributed by atoms with Crippen LogP contribution in [0.25, 0.3) is 0 Å². The van der Waals surface area contributed by atoms with E-state index in [0.29, 0.717) is 6.42 Å². The summed E-state index contributed by atoms with van der Waals surface area (Å²) in [5.74, 6) is -1.18. The van der Waals surface area contributed by atoms with Gasteiger partial charge in [0.2, 0.25) is 0 Å². The van der Waals surface area contributed by atoms with Crippen molar-refractivity contribution in [2.24, 2.45) is 0 Å². The van der Waals surface area contributed by atoms with Crippen LogP contribution in [0.4, 0.5) is 10.1 Å². The highest BCUT2D eigenvalue weighted by Gasteiger charge is 2.16.